The van der Waals surface area contributed by atoms with Crippen molar-refractivity contribution in [2.24, 2.45) is 11.8 Å². The van der Waals surface area contributed by atoms with Crippen LogP contribution in [0.4, 0.5) is 0 Å². The number of nitrogens with one attached hydrogen (secondary N) is 1. The molecule has 6 nitrogen and oxygen atoms in total. The summed E-state index contributed by atoms with van der Waals surface area (Å²) in [5, 5.41) is 12.5. The fraction of sp³-hybridized carbons (Fsp3) is 0.750. The Balaban J connectivity index is 2.65. The number of carbonyl (C=O) groups excluding carboxylic acids is 1. The van der Waals surface area contributed by atoms with Crippen LogP contribution in [0.15, 0.2) is 11.3 Å². The molecule has 1 rings (SSSR count). The first-order chi connectivity index (χ1) is 10.6. The fourth-order valence-corrected chi connectivity index (χ4v) is 2.21. The van der Waals surface area contributed by atoms with Gasteiger partial charge in [0, 0.05) is 31.4 Å². The molecular formula is C16H26N2O4. The van der Waals surface area contributed by atoms with Crippen LogP contribution in [-0.4, -0.2) is 45.5 Å². The van der Waals surface area contributed by atoms with Gasteiger partial charge in [0.1, 0.15) is 12.7 Å². The molecule has 1 N–H and O–H groups in total. The number of hydrogen-bond donors (Lipinski definition) is 1. The standard InChI is InChI=1S/C16H26N2O4/c1-4-20-7-8-22-16(19)14(9-17)15(12(2)3)18-10-13-5-6-21-11-13/h12-13,18H,4-8,10-11H2,1-3H3/b15-14-. The Labute approximate surface area is 132 Å². The highest BCUT2D eigenvalue weighted by Crippen LogP contribution is 2.16. The minimum atomic E-state index is -0.596. The smallest absolute Gasteiger partial charge is 0.350 e. The van der Waals surface area contributed by atoms with Gasteiger partial charge in [-0.15, -0.1) is 0 Å². The third-order valence-electron chi connectivity index (χ3n) is 3.43. The third kappa shape index (κ3) is 6.04. The molecule has 1 heterocycles. The summed E-state index contributed by atoms with van der Waals surface area (Å²) in [4.78, 5) is 12.1. The first-order valence-electron chi connectivity index (χ1n) is 7.80. The van der Waals surface area contributed by atoms with Crippen molar-refractivity contribution in [1.82, 2.24) is 5.32 Å². The molecule has 1 atom stereocenters. The van der Waals surface area contributed by atoms with Crippen LogP contribution >= 0.6 is 0 Å². The molecule has 6 heteroatoms. The van der Waals surface area contributed by atoms with Gasteiger partial charge in [-0.05, 0) is 19.3 Å². The summed E-state index contributed by atoms with van der Waals surface area (Å²) in [5.74, 6) is -0.139. The van der Waals surface area contributed by atoms with Gasteiger partial charge in [-0.25, -0.2) is 4.79 Å². The maximum atomic E-state index is 12.1. The van der Waals surface area contributed by atoms with Crippen LogP contribution in [0.1, 0.15) is 27.2 Å². The second kappa shape index (κ2) is 10.2. The van der Waals surface area contributed by atoms with Gasteiger partial charge in [-0.1, -0.05) is 13.8 Å². The van der Waals surface area contributed by atoms with Crippen molar-refractivity contribution in [3.63, 3.8) is 0 Å². The zero-order chi connectivity index (χ0) is 16.4. The van der Waals surface area contributed by atoms with E-state index in [0.717, 1.165) is 19.6 Å². The number of allylic oxidation sites excluding steroid dienone is 1. The third-order valence-corrected chi connectivity index (χ3v) is 3.43. The van der Waals surface area contributed by atoms with E-state index in [9.17, 15) is 10.1 Å². The predicted octanol–water partition coefficient (Wildman–Crippen LogP) is 1.63. The predicted molar refractivity (Wildman–Crippen MR) is 81.9 cm³/mol. The molecule has 0 spiro atoms. The number of esters is 1. The molecule has 1 aliphatic heterocycles. The van der Waals surface area contributed by atoms with Crippen molar-refractivity contribution < 1.29 is 19.0 Å². The SMILES string of the molecule is CCOCCOC(=O)/C(C#N)=C(\NCC1CCOC1)C(C)C. The average molecular weight is 310 g/mol. The van der Waals surface area contributed by atoms with E-state index in [1.165, 1.54) is 0 Å². The molecule has 124 valence electrons. The molecule has 1 fully saturated rings. The lowest BCUT2D eigenvalue weighted by molar-refractivity contribution is -0.140. The number of nitrogens with zero attached hydrogens (tertiary/aromatic N) is 1. The Morgan fingerprint density at radius 3 is 2.77 bits per heavy atom. The monoisotopic (exact) mass is 310 g/mol. The van der Waals surface area contributed by atoms with Crippen molar-refractivity contribution in [2.75, 3.05) is 39.6 Å². The van der Waals surface area contributed by atoms with Crippen LogP contribution in [-0.2, 0) is 19.0 Å². The maximum Gasteiger partial charge on any atom is 0.350 e. The lowest BCUT2D eigenvalue weighted by atomic mass is 10.0. The Bertz CT molecular complexity index is 420. The Morgan fingerprint density at radius 1 is 1.45 bits per heavy atom. The van der Waals surface area contributed by atoms with Crippen LogP contribution in [0, 0.1) is 23.2 Å². The minimum absolute atomic E-state index is 0.0383. The molecule has 1 unspecified atom stereocenters. The van der Waals surface area contributed by atoms with Gasteiger partial charge in [0.2, 0.25) is 0 Å². The highest BCUT2D eigenvalue weighted by Gasteiger charge is 2.21. The number of hydrogen-bond acceptors (Lipinski definition) is 6. The summed E-state index contributed by atoms with van der Waals surface area (Å²) in [6, 6.07) is 1.97. The Morgan fingerprint density at radius 2 is 2.23 bits per heavy atom. The molecule has 1 saturated heterocycles. The fourth-order valence-electron chi connectivity index (χ4n) is 2.21. The number of ether oxygens (including phenoxy) is 3. The molecular weight excluding hydrogens is 284 g/mol. The maximum absolute atomic E-state index is 12.1. The quantitative estimate of drug-likeness (QED) is 0.302. The Kier molecular flexibility index (Phi) is 8.56. The van der Waals surface area contributed by atoms with Crippen molar-refractivity contribution >= 4 is 5.97 Å². The summed E-state index contributed by atoms with van der Waals surface area (Å²) in [5.41, 5.74) is 0.682. The lowest BCUT2D eigenvalue weighted by Gasteiger charge is -2.18. The first kappa shape index (κ1) is 18.5. The normalized spacial score (nSPS) is 18.8. The highest BCUT2D eigenvalue weighted by atomic mass is 16.6. The largest absolute Gasteiger partial charge is 0.459 e. The van der Waals surface area contributed by atoms with Gasteiger partial charge >= 0.3 is 5.97 Å². The van der Waals surface area contributed by atoms with Crippen molar-refractivity contribution in [2.45, 2.75) is 27.2 Å². The molecule has 0 aromatic rings. The van der Waals surface area contributed by atoms with E-state index < -0.39 is 5.97 Å². The highest BCUT2D eigenvalue weighted by molar-refractivity contribution is 5.93. The van der Waals surface area contributed by atoms with Crippen LogP contribution < -0.4 is 5.32 Å². The molecule has 1 aliphatic rings. The zero-order valence-electron chi connectivity index (χ0n) is 13.7. The van der Waals surface area contributed by atoms with E-state index in [-0.39, 0.29) is 18.1 Å². The van der Waals surface area contributed by atoms with Gasteiger partial charge < -0.3 is 19.5 Å². The number of rotatable bonds is 9. The summed E-state index contributed by atoms with van der Waals surface area (Å²) in [6.07, 6.45) is 0.999. The van der Waals surface area contributed by atoms with Crippen molar-refractivity contribution in [1.29, 1.82) is 5.26 Å². The van der Waals surface area contributed by atoms with Gasteiger partial charge in [0.05, 0.1) is 13.2 Å². The van der Waals surface area contributed by atoms with E-state index in [2.05, 4.69) is 5.32 Å². The summed E-state index contributed by atoms with van der Waals surface area (Å²) in [7, 11) is 0. The van der Waals surface area contributed by atoms with Crippen LogP contribution in [0.5, 0.6) is 0 Å². The van der Waals surface area contributed by atoms with Crippen molar-refractivity contribution in [3.05, 3.63) is 11.3 Å². The molecule has 0 radical (unpaired) electrons. The zero-order valence-corrected chi connectivity index (χ0v) is 13.7. The van der Waals surface area contributed by atoms with E-state index in [1.807, 2.05) is 26.8 Å². The van der Waals surface area contributed by atoms with Crippen LogP contribution in [0.25, 0.3) is 0 Å². The second-order valence-electron chi connectivity index (χ2n) is 5.50. The molecule has 0 aromatic carbocycles. The van der Waals surface area contributed by atoms with Crippen molar-refractivity contribution in [3.8, 4) is 6.07 Å². The minimum Gasteiger partial charge on any atom is -0.459 e. The summed E-state index contributed by atoms with van der Waals surface area (Å²) >= 11 is 0. The van der Waals surface area contributed by atoms with Gasteiger partial charge in [0.25, 0.3) is 0 Å². The second-order valence-corrected chi connectivity index (χ2v) is 5.50. The van der Waals surface area contributed by atoms with Gasteiger partial charge in [-0.2, -0.15) is 5.26 Å². The van der Waals surface area contributed by atoms with Crippen LogP contribution in [0.2, 0.25) is 0 Å². The topological polar surface area (TPSA) is 80.6 Å². The van der Waals surface area contributed by atoms with E-state index >= 15 is 0 Å². The molecule has 0 saturated carbocycles. The number of carbonyl (C=O) groups is 1. The number of nitriles is 1. The van der Waals surface area contributed by atoms with E-state index in [4.69, 9.17) is 14.2 Å². The van der Waals surface area contributed by atoms with E-state index in [0.29, 0.717) is 31.4 Å². The molecule has 0 bridgehead atoms. The summed E-state index contributed by atoms with van der Waals surface area (Å²) in [6.45, 7) is 9.01. The van der Waals surface area contributed by atoms with Crippen LogP contribution in [0.3, 0.4) is 0 Å². The molecule has 0 amide bonds. The van der Waals surface area contributed by atoms with E-state index in [1.54, 1.807) is 0 Å². The lowest BCUT2D eigenvalue weighted by Crippen LogP contribution is -2.28. The molecule has 0 aromatic heterocycles. The van der Waals surface area contributed by atoms with Gasteiger partial charge in [0.15, 0.2) is 5.57 Å². The first-order valence-corrected chi connectivity index (χ1v) is 7.80. The Hall–Kier alpha value is -1.58. The summed E-state index contributed by atoms with van der Waals surface area (Å²) < 4.78 is 15.5. The molecule has 0 aliphatic carbocycles. The molecule has 22 heavy (non-hydrogen) atoms. The average Bonchev–Trinajstić information content (AvgIpc) is 3.00. The van der Waals surface area contributed by atoms with Gasteiger partial charge in [-0.3, -0.25) is 0 Å².